The fourth-order valence-corrected chi connectivity index (χ4v) is 1.76. The van der Waals surface area contributed by atoms with Crippen molar-refractivity contribution in [3.05, 3.63) is 22.8 Å². The van der Waals surface area contributed by atoms with E-state index >= 15 is 0 Å². The van der Waals surface area contributed by atoms with Crippen molar-refractivity contribution < 1.29 is 15.3 Å². The number of benzene rings is 1. The van der Waals surface area contributed by atoms with Crippen LogP contribution in [0.25, 0.3) is 0 Å². The summed E-state index contributed by atoms with van der Waals surface area (Å²) in [7, 11) is 0. The van der Waals surface area contributed by atoms with Crippen LogP contribution in [0.2, 0.25) is 0 Å². The Labute approximate surface area is 82.6 Å². The lowest BCUT2D eigenvalue weighted by atomic mass is 9.96. The zero-order valence-electron chi connectivity index (χ0n) is 8.33. The maximum Gasteiger partial charge on any atom is 0.160 e. The monoisotopic (exact) mass is 194 g/mol. The average Bonchev–Trinajstić information content (AvgIpc) is 2.87. The van der Waals surface area contributed by atoms with E-state index in [1.54, 1.807) is 6.92 Å². The maximum absolute atomic E-state index is 9.93. The third-order valence-corrected chi connectivity index (χ3v) is 3.07. The van der Waals surface area contributed by atoms with Crippen LogP contribution in [0.4, 0.5) is 0 Å². The van der Waals surface area contributed by atoms with E-state index in [1.807, 2.05) is 6.92 Å². The van der Waals surface area contributed by atoms with Gasteiger partial charge in [-0.25, -0.2) is 0 Å². The third-order valence-electron chi connectivity index (χ3n) is 3.07. The normalized spacial score (nSPS) is 18.2. The van der Waals surface area contributed by atoms with E-state index < -0.39 is 5.60 Å². The number of aromatic hydroxyl groups is 2. The topological polar surface area (TPSA) is 60.7 Å². The Morgan fingerprint density at radius 3 is 2.21 bits per heavy atom. The van der Waals surface area contributed by atoms with Crippen LogP contribution >= 0.6 is 0 Å². The van der Waals surface area contributed by atoms with Gasteiger partial charge in [0.25, 0.3) is 0 Å². The van der Waals surface area contributed by atoms with Crippen LogP contribution in [0.3, 0.4) is 0 Å². The van der Waals surface area contributed by atoms with E-state index in [2.05, 4.69) is 0 Å². The van der Waals surface area contributed by atoms with Crippen molar-refractivity contribution in [1.82, 2.24) is 0 Å². The molecule has 3 N–H and O–H groups in total. The van der Waals surface area contributed by atoms with Crippen LogP contribution in [0.1, 0.15) is 29.5 Å². The number of aliphatic hydroxyl groups is 1. The molecule has 0 atom stereocenters. The summed E-state index contributed by atoms with van der Waals surface area (Å²) in [5.41, 5.74) is 1.48. The zero-order chi connectivity index (χ0) is 10.5. The first-order valence-electron chi connectivity index (χ1n) is 4.71. The molecular weight excluding hydrogens is 180 g/mol. The van der Waals surface area contributed by atoms with Crippen molar-refractivity contribution in [1.29, 1.82) is 0 Å². The molecule has 1 aromatic rings. The molecule has 0 saturated heterocycles. The van der Waals surface area contributed by atoms with E-state index in [0.29, 0.717) is 5.56 Å². The minimum atomic E-state index is -0.764. The summed E-state index contributed by atoms with van der Waals surface area (Å²) in [6, 6.07) is 1.46. The van der Waals surface area contributed by atoms with E-state index in [4.69, 9.17) is 0 Å². The molecule has 0 amide bonds. The summed E-state index contributed by atoms with van der Waals surface area (Å²) in [5, 5.41) is 28.8. The highest BCUT2D eigenvalue weighted by Crippen LogP contribution is 2.49. The number of phenols is 2. The summed E-state index contributed by atoms with van der Waals surface area (Å²) >= 11 is 0. The summed E-state index contributed by atoms with van der Waals surface area (Å²) < 4.78 is 0. The highest BCUT2D eigenvalue weighted by Gasteiger charge is 2.43. The van der Waals surface area contributed by atoms with E-state index in [1.165, 1.54) is 6.07 Å². The highest BCUT2D eigenvalue weighted by atomic mass is 16.3. The maximum atomic E-state index is 9.93. The zero-order valence-corrected chi connectivity index (χ0v) is 8.33. The van der Waals surface area contributed by atoms with Crippen molar-refractivity contribution in [2.24, 2.45) is 0 Å². The fourth-order valence-electron chi connectivity index (χ4n) is 1.76. The SMILES string of the molecule is Cc1c(C2(O)CC2)cc(O)c(O)c1C. The Bertz CT molecular complexity index is 392. The van der Waals surface area contributed by atoms with Gasteiger partial charge in [-0.3, -0.25) is 0 Å². The summed E-state index contributed by atoms with van der Waals surface area (Å²) in [5.74, 6) is -0.237. The Kier molecular flexibility index (Phi) is 1.76. The standard InChI is InChI=1S/C11H14O3/c1-6-7(2)10(13)9(12)5-8(6)11(14)3-4-11/h5,12-14H,3-4H2,1-2H3. The van der Waals surface area contributed by atoms with Gasteiger partial charge >= 0.3 is 0 Å². The number of hydrogen-bond donors (Lipinski definition) is 3. The molecule has 0 spiro atoms. The van der Waals surface area contributed by atoms with Gasteiger partial charge in [-0.2, -0.15) is 0 Å². The van der Waals surface area contributed by atoms with E-state index in [-0.39, 0.29) is 11.5 Å². The fraction of sp³-hybridized carbons (Fsp3) is 0.455. The molecule has 0 aliphatic heterocycles. The first-order valence-corrected chi connectivity index (χ1v) is 4.71. The van der Waals surface area contributed by atoms with Crippen LogP contribution < -0.4 is 0 Å². The van der Waals surface area contributed by atoms with Gasteiger partial charge in [0, 0.05) is 0 Å². The molecule has 3 heteroatoms. The molecule has 3 nitrogen and oxygen atoms in total. The molecule has 0 bridgehead atoms. The molecule has 1 fully saturated rings. The van der Waals surface area contributed by atoms with E-state index in [0.717, 1.165) is 24.0 Å². The Balaban J connectivity index is 2.62. The van der Waals surface area contributed by atoms with Gasteiger partial charge in [0.15, 0.2) is 11.5 Å². The predicted molar refractivity (Wildman–Crippen MR) is 52.4 cm³/mol. The largest absolute Gasteiger partial charge is 0.504 e. The molecule has 2 rings (SSSR count). The molecule has 1 aromatic carbocycles. The number of phenolic OH excluding ortho intramolecular Hbond substituents is 2. The second-order valence-electron chi connectivity index (χ2n) is 4.07. The summed E-state index contributed by atoms with van der Waals surface area (Å²) in [6.07, 6.45) is 1.47. The van der Waals surface area contributed by atoms with Crippen LogP contribution in [-0.2, 0) is 5.60 Å². The van der Waals surface area contributed by atoms with Gasteiger partial charge in [0.2, 0.25) is 0 Å². The van der Waals surface area contributed by atoms with Gasteiger partial charge < -0.3 is 15.3 Å². The van der Waals surface area contributed by atoms with Crippen LogP contribution in [0.15, 0.2) is 6.07 Å². The summed E-state index contributed by atoms with van der Waals surface area (Å²) in [6.45, 7) is 3.58. The molecule has 0 unspecified atom stereocenters. The lowest BCUT2D eigenvalue weighted by Crippen LogP contribution is -2.07. The molecule has 0 radical (unpaired) electrons. The van der Waals surface area contributed by atoms with Crippen molar-refractivity contribution in [3.8, 4) is 11.5 Å². The Hall–Kier alpha value is -1.22. The molecule has 1 aliphatic rings. The van der Waals surface area contributed by atoms with Crippen LogP contribution in [0.5, 0.6) is 11.5 Å². The number of rotatable bonds is 1. The van der Waals surface area contributed by atoms with Crippen LogP contribution in [0, 0.1) is 13.8 Å². The molecule has 14 heavy (non-hydrogen) atoms. The highest BCUT2D eigenvalue weighted by molar-refractivity contribution is 5.54. The predicted octanol–water partition coefficient (Wildman–Crippen LogP) is 1.70. The van der Waals surface area contributed by atoms with E-state index in [9.17, 15) is 15.3 Å². The lowest BCUT2D eigenvalue weighted by Gasteiger charge is -2.15. The van der Waals surface area contributed by atoms with Crippen molar-refractivity contribution >= 4 is 0 Å². The van der Waals surface area contributed by atoms with Gasteiger partial charge in [-0.15, -0.1) is 0 Å². The van der Waals surface area contributed by atoms with Gasteiger partial charge in [-0.1, -0.05) is 0 Å². The molecule has 0 heterocycles. The lowest BCUT2D eigenvalue weighted by molar-refractivity contribution is 0.150. The minimum absolute atomic E-state index is 0.0875. The van der Waals surface area contributed by atoms with Crippen LogP contribution in [-0.4, -0.2) is 15.3 Å². The average molecular weight is 194 g/mol. The van der Waals surface area contributed by atoms with Gasteiger partial charge in [0.1, 0.15) is 0 Å². The van der Waals surface area contributed by atoms with Crippen molar-refractivity contribution in [2.45, 2.75) is 32.3 Å². The Morgan fingerprint density at radius 2 is 1.71 bits per heavy atom. The first-order chi connectivity index (χ1) is 6.46. The number of hydrogen-bond acceptors (Lipinski definition) is 3. The van der Waals surface area contributed by atoms with Gasteiger partial charge in [-0.05, 0) is 49.4 Å². The summed E-state index contributed by atoms with van der Waals surface area (Å²) in [4.78, 5) is 0. The molecule has 0 aromatic heterocycles. The smallest absolute Gasteiger partial charge is 0.160 e. The third kappa shape index (κ3) is 1.16. The second-order valence-corrected chi connectivity index (χ2v) is 4.07. The minimum Gasteiger partial charge on any atom is -0.504 e. The van der Waals surface area contributed by atoms with Crippen molar-refractivity contribution in [3.63, 3.8) is 0 Å². The molecule has 1 aliphatic carbocycles. The quantitative estimate of drug-likeness (QED) is 0.596. The molecule has 76 valence electrons. The Morgan fingerprint density at radius 1 is 1.14 bits per heavy atom. The second kappa shape index (κ2) is 2.64. The first kappa shape index (κ1) is 9.34. The van der Waals surface area contributed by atoms with Gasteiger partial charge in [0.05, 0.1) is 5.60 Å². The molecular formula is C11H14O3. The molecule has 1 saturated carbocycles. The van der Waals surface area contributed by atoms with Crippen molar-refractivity contribution in [2.75, 3.05) is 0 Å².